The molecule has 0 saturated carbocycles. The van der Waals surface area contributed by atoms with E-state index in [0.717, 1.165) is 32.6 Å². The van der Waals surface area contributed by atoms with E-state index in [9.17, 15) is 4.79 Å². The number of carbonyl (C=O) groups is 1. The van der Waals surface area contributed by atoms with Crippen molar-refractivity contribution in [1.29, 1.82) is 0 Å². The minimum atomic E-state index is 0.642. The lowest BCUT2D eigenvalue weighted by molar-refractivity contribution is -0.107. The molecule has 1 aromatic rings. The fourth-order valence-electron chi connectivity index (χ4n) is 2.08. The summed E-state index contributed by atoms with van der Waals surface area (Å²) in [6.45, 7) is 8.53. The van der Waals surface area contributed by atoms with Crippen LogP contribution in [-0.4, -0.2) is 13.0 Å². The van der Waals surface area contributed by atoms with Gasteiger partial charge >= 0.3 is 0 Å². The van der Waals surface area contributed by atoms with Crippen LogP contribution in [0.4, 0.5) is 5.69 Å². The number of benzene rings is 1. The van der Waals surface area contributed by atoms with Crippen LogP contribution in [0.2, 0.25) is 0 Å². The smallest absolute Gasteiger partial charge is 0.214 e. The van der Waals surface area contributed by atoms with Gasteiger partial charge in [0.1, 0.15) is 0 Å². The van der Waals surface area contributed by atoms with Crippen molar-refractivity contribution in [2.45, 2.75) is 20.3 Å². The van der Waals surface area contributed by atoms with Crippen molar-refractivity contribution in [1.82, 2.24) is 0 Å². The van der Waals surface area contributed by atoms with E-state index in [1.165, 1.54) is 16.4 Å². The van der Waals surface area contributed by atoms with Gasteiger partial charge in [-0.3, -0.25) is 4.79 Å². The number of rotatable bonds is 8. The van der Waals surface area contributed by atoms with Crippen molar-refractivity contribution in [3.63, 3.8) is 0 Å². The van der Waals surface area contributed by atoms with Crippen molar-refractivity contribution in [3.05, 3.63) is 62.6 Å². The summed E-state index contributed by atoms with van der Waals surface area (Å²) in [4.78, 5) is 14.1. The predicted molar refractivity (Wildman–Crippen MR) is 110 cm³/mol. The average molecular weight is 445 g/mol. The lowest BCUT2D eigenvalue weighted by atomic mass is 10.0. The second-order valence-corrected chi connectivity index (χ2v) is 7.04. The Bertz CT molecular complexity index is 579. The zero-order valence-electron chi connectivity index (χ0n) is 12.8. The van der Waals surface area contributed by atoms with E-state index < -0.39 is 0 Å². The zero-order chi connectivity index (χ0) is 16.5. The Kier molecular flexibility index (Phi) is 8.97. The summed E-state index contributed by atoms with van der Waals surface area (Å²) >= 11 is 6.51. The average Bonchev–Trinajstić information content (AvgIpc) is 2.54. The molecule has 0 aliphatic carbocycles. The third-order valence-electron chi connectivity index (χ3n) is 3.39. The number of amides is 1. The minimum Gasteiger partial charge on any atom is -0.315 e. The molecule has 0 spiro atoms. The van der Waals surface area contributed by atoms with Gasteiger partial charge < -0.3 is 4.90 Å². The first-order chi connectivity index (χ1) is 10.6. The molecule has 5 heteroatoms. The fraction of sp³-hybridized carbons (Fsp3) is 0.235. The lowest BCUT2D eigenvalue weighted by Crippen LogP contribution is -2.22. The first-order valence-electron chi connectivity index (χ1n) is 6.85. The highest BCUT2D eigenvalue weighted by molar-refractivity contribution is 14.1. The normalized spacial score (nSPS) is 12.6. The van der Waals surface area contributed by atoms with Crippen LogP contribution in [0.3, 0.4) is 0 Å². The van der Waals surface area contributed by atoms with Crippen molar-refractivity contribution in [2.75, 3.05) is 11.4 Å². The third kappa shape index (κ3) is 5.52. The van der Waals surface area contributed by atoms with Crippen LogP contribution in [0, 0.1) is 3.57 Å². The van der Waals surface area contributed by atoms with Gasteiger partial charge in [-0.1, -0.05) is 29.5 Å². The monoisotopic (exact) mass is 445 g/mol. The van der Waals surface area contributed by atoms with Gasteiger partial charge in [-0.05, 0) is 78.3 Å². The zero-order valence-corrected chi connectivity index (χ0v) is 16.6. The van der Waals surface area contributed by atoms with Crippen LogP contribution in [0.15, 0.2) is 59.0 Å². The summed E-state index contributed by atoms with van der Waals surface area (Å²) in [7, 11) is 1.39. The highest BCUT2D eigenvalue weighted by Crippen LogP contribution is 2.29. The van der Waals surface area contributed by atoms with Gasteiger partial charge in [-0.25, -0.2) is 0 Å². The highest BCUT2D eigenvalue weighted by Gasteiger charge is 2.09. The van der Waals surface area contributed by atoms with Crippen LogP contribution in [0.5, 0.6) is 0 Å². The molecule has 0 radical (unpaired) electrons. The summed E-state index contributed by atoms with van der Waals surface area (Å²) in [6.07, 6.45) is 5.57. The summed E-state index contributed by atoms with van der Waals surface area (Å²) in [5, 5.41) is 0. The Balaban J connectivity index is 2.85. The van der Waals surface area contributed by atoms with Crippen LogP contribution in [0.1, 0.15) is 20.3 Å². The van der Waals surface area contributed by atoms with Gasteiger partial charge in [0, 0.05) is 20.7 Å². The van der Waals surface area contributed by atoms with Gasteiger partial charge in [0.2, 0.25) is 6.41 Å². The van der Waals surface area contributed by atoms with E-state index in [4.69, 9.17) is 0 Å². The molecule has 0 saturated heterocycles. The number of allylic oxidation sites excluding steroid dienone is 3. The van der Waals surface area contributed by atoms with E-state index in [2.05, 4.69) is 53.8 Å². The molecule has 0 atom stereocenters. The van der Waals surface area contributed by atoms with Crippen molar-refractivity contribution in [2.24, 2.45) is 0 Å². The van der Waals surface area contributed by atoms with Crippen LogP contribution < -0.4 is 4.90 Å². The fourth-order valence-corrected chi connectivity index (χ4v) is 3.42. The summed E-state index contributed by atoms with van der Waals surface area (Å²) in [6, 6.07) is 7.93. The van der Waals surface area contributed by atoms with Crippen LogP contribution in [-0.2, 0) is 4.79 Å². The quantitative estimate of drug-likeness (QED) is 0.184. The van der Waals surface area contributed by atoms with Crippen molar-refractivity contribution >= 4 is 57.1 Å². The van der Waals surface area contributed by atoms with Crippen molar-refractivity contribution in [3.8, 4) is 0 Å². The topological polar surface area (TPSA) is 20.3 Å². The maximum Gasteiger partial charge on any atom is 0.214 e. The highest BCUT2D eigenvalue weighted by atomic mass is 127. The Morgan fingerprint density at radius 3 is 2.50 bits per heavy atom. The van der Waals surface area contributed by atoms with E-state index >= 15 is 0 Å². The Morgan fingerprint density at radius 2 is 2.05 bits per heavy atom. The van der Waals surface area contributed by atoms with Gasteiger partial charge in [0.15, 0.2) is 0 Å². The molecule has 0 heterocycles. The largest absolute Gasteiger partial charge is 0.315 e. The van der Waals surface area contributed by atoms with Crippen LogP contribution >= 0.6 is 45.0 Å². The van der Waals surface area contributed by atoms with Crippen LogP contribution in [0.25, 0.3) is 0 Å². The molecule has 0 N–H and O–H groups in total. The molecule has 1 aromatic carbocycles. The number of hydrogen-bond acceptors (Lipinski definition) is 3. The molecule has 22 heavy (non-hydrogen) atoms. The maximum atomic E-state index is 11.4. The molecular weight excluding hydrogens is 425 g/mol. The molecule has 0 fully saturated rings. The Labute approximate surface area is 155 Å². The molecule has 0 aromatic heterocycles. The lowest BCUT2D eigenvalue weighted by Gasteiger charge is -2.19. The second-order valence-electron chi connectivity index (χ2n) is 4.62. The molecule has 1 rings (SSSR count). The number of anilines is 1. The van der Waals surface area contributed by atoms with Crippen molar-refractivity contribution < 1.29 is 4.79 Å². The number of carbonyl (C=O) groups excluding carboxylic acids is 1. The third-order valence-corrected chi connectivity index (χ3v) is 5.37. The SMILES string of the molecule is C=C/C(SS)=C(C)\C(=C/C)CCN(C=O)c1ccc(I)cc1. The molecule has 1 amide bonds. The van der Waals surface area contributed by atoms with E-state index in [1.807, 2.05) is 37.3 Å². The first kappa shape index (κ1) is 19.4. The number of nitrogens with zero attached hydrogens (tertiary/aromatic N) is 1. The van der Waals surface area contributed by atoms with Gasteiger partial charge in [0.05, 0.1) is 0 Å². The minimum absolute atomic E-state index is 0.642. The molecule has 0 aliphatic rings. The standard InChI is InChI=1S/C17H20INOS2/c1-4-14(13(3)17(5-2)22-21)10-11-19(12-20)16-8-6-15(18)7-9-16/h4-9,12,21H,2,10-11H2,1,3H3/b14-4-,17-13+. The molecule has 2 nitrogen and oxygen atoms in total. The van der Waals surface area contributed by atoms with E-state index in [1.54, 1.807) is 4.90 Å². The summed E-state index contributed by atoms with van der Waals surface area (Å²) in [5.74, 6) is 0. The molecular formula is C17H20INOS2. The number of halogens is 1. The summed E-state index contributed by atoms with van der Waals surface area (Å²) < 4.78 is 1.15. The first-order valence-corrected chi connectivity index (χ1v) is 9.79. The van der Waals surface area contributed by atoms with Gasteiger partial charge in [-0.2, -0.15) is 0 Å². The predicted octanol–water partition coefficient (Wildman–Crippen LogP) is 5.63. The summed E-state index contributed by atoms with van der Waals surface area (Å²) in [5.41, 5.74) is 3.28. The van der Waals surface area contributed by atoms with Gasteiger partial charge in [0.25, 0.3) is 0 Å². The number of hydrogen-bond donors (Lipinski definition) is 1. The van der Waals surface area contributed by atoms with Gasteiger partial charge in [-0.15, -0.1) is 11.7 Å². The Morgan fingerprint density at radius 1 is 1.41 bits per heavy atom. The molecule has 0 bridgehead atoms. The van der Waals surface area contributed by atoms with E-state index in [0.29, 0.717) is 6.54 Å². The molecule has 118 valence electrons. The Hall–Kier alpha value is -0.660. The van der Waals surface area contributed by atoms with E-state index in [-0.39, 0.29) is 0 Å². The second kappa shape index (κ2) is 10.2. The molecule has 0 aliphatic heterocycles. The maximum absolute atomic E-state index is 11.4. The molecule has 0 unspecified atom stereocenters. The number of thiol groups is 1.